The van der Waals surface area contributed by atoms with Gasteiger partial charge in [0.25, 0.3) is 0 Å². The number of pyridine rings is 1. The van der Waals surface area contributed by atoms with Crippen molar-refractivity contribution in [1.29, 1.82) is 0 Å². The Morgan fingerprint density at radius 2 is 2.00 bits per heavy atom. The van der Waals surface area contributed by atoms with Crippen molar-refractivity contribution in [1.82, 2.24) is 4.57 Å². The summed E-state index contributed by atoms with van der Waals surface area (Å²) in [6.07, 6.45) is 4.39. The van der Waals surface area contributed by atoms with Crippen LogP contribution in [-0.4, -0.2) is 4.57 Å². The molecule has 0 unspecified atom stereocenters. The first-order valence-electron chi connectivity index (χ1n) is 3.28. The van der Waals surface area contributed by atoms with Gasteiger partial charge in [0.05, 0.1) is 0 Å². The van der Waals surface area contributed by atoms with Crippen LogP contribution in [0.15, 0.2) is 29.3 Å². The topological polar surface area (TPSA) is 22.0 Å². The lowest BCUT2D eigenvalue weighted by atomic mass is 10.4. The van der Waals surface area contributed by atoms with Gasteiger partial charge < -0.3 is 4.57 Å². The summed E-state index contributed by atoms with van der Waals surface area (Å²) < 4.78 is 1.94. The third-order valence-corrected chi connectivity index (χ3v) is 1.28. The lowest BCUT2D eigenvalue weighted by Crippen LogP contribution is -2.02. The average Bonchev–Trinajstić information content (AvgIpc) is 1.95. The van der Waals surface area contributed by atoms with E-state index in [9.17, 15) is 4.79 Å². The predicted molar refractivity (Wildman–Crippen MR) is 40.7 cm³/mol. The second-order valence-corrected chi connectivity index (χ2v) is 2.13. The third-order valence-electron chi connectivity index (χ3n) is 1.28. The molecular formula is C8H10NO. The van der Waals surface area contributed by atoms with Crippen molar-refractivity contribution in [3.8, 4) is 0 Å². The fourth-order valence-electron chi connectivity index (χ4n) is 0.775. The van der Waals surface area contributed by atoms with E-state index in [1.54, 1.807) is 24.5 Å². The highest BCUT2D eigenvalue weighted by molar-refractivity contribution is 4.93. The van der Waals surface area contributed by atoms with Crippen LogP contribution in [0.25, 0.3) is 0 Å². The number of rotatable bonds is 2. The summed E-state index contributed by atoms with van der Waals surface area (Å²) in [5, 5.41) is 0. The van der Waals surface area contributed by atoms with Crippen molar-refractivity contribution in [2.45, 2.75) is 13.0 Å². The van der Waals surface area contributed by atoms with E-state index in [0.717, 1.165) is 13.0 Å². The molecule has 0 bridgehead atoms. The van der Waals surface area contributed by atoms with Gasteiger partial charge >= 0.3 is 0 Å². The summed E-state index contributed by atoms with van der Waals surface area (Å²) in [4.78, 5) is 10.6. The van der Waals surface area contributed by atoms with Crippen molar-refractivity contribution in [3.05, 3.63) is 41.7 Å². The fourth-order valence-corrected chi connectivity index (χ4v) is 0.775. The fraction of sp³-hybridized carbons (Fsp3) is 0.250. The maximum atomic E-state index is 10.6. The smallest absolute Gasteiger partial charge is 0.181 e. The van der Waals surface area contributed by atoms with Crippen LogP contribution in [0.5, 0.6) is 0 Å². The van der Waals surface area contributed by atoms with Crippen molar-refractivity contribution < 1.29 is 0 Å². The molecule has 0 spiro atoms. The number of hydrogen-bond acceptors (Lipinski definition) is 1. The normalized spacial score (nSPS) is 9.70. The van der Waals surface area contributed by atoms with E-state index in [2.05, 4.69) is 6.92 Å². The lowest BCUT2D eigenvalue weighted by Gasteiger charge is -2.00. The van der Waals surface area contributed by atoms with Crippen LogP contribution in [0.1, 0.15) is 6.42 Å². The Morgan fingerprint density at radius 1 is 1.40 bits per heavy atom. The molecule has 0 saturated carbocycles. The van der Waals surface area contributed by atoms with Crippen molar-refractivity contribution in [3.63, 3.8) is 0 Å². The van der Waals surface area contributed by atoms with Gasteiger partial charge in [0.15, 0.2) is 5.43 Å². The molecule has 1 aromatic rings. The van der Waals surface area contributed by atoms with E-state index in [-0.39, 0.29) is 5.43 Å². The number of aryl methyl sites for hydroxylation is 1. The molecule has 0 fully saturated rings. The highest BCUT2D eigenvalue weighted by Gasteiger charge is 1.84. The molecule has 1 heterocycles. The van der Waals surface area contributed by atoms with Crippen LogP contribution in [0.4, 0.5) is 0 Å². The minimum Gasteiger partial charge on any atom is -0.354 e. The summed E-state index contributed by atoms with van der Waals surface area (Å²) in [6.45, 7) is 4.58. The molecule has 2 nitrogen and oxygen atoms in total. The summed E-state index contributed by atoms with van der Waals surface area (Å²) in [5.41, 5.74) is 0.0558. The van der Waals surface area contributed by atoms with Gasteiger partial charge in [-0.3, -0.25) is 4.79 Å². The van der Waals surface area contributed by atoms with E-state index in [0.29, 0.717) is 0 Å². The van der Waals surface area contributed by atoms with E-state index in [4.69, 9.17) is 0 Å². The number of nitrogens with zero attached hydrogens (tertiary/aromatic N) is 1. The Morgan fingerprint density at radius 3 is 2.50 bits per heavy atom. The standard InChI is InChI=1S/C8H10NO/c1-2-5-9-6-3-8(10)4-7-9/h3-4,6-7H,1-2,5H2. The third kappa shape index (κ3) is 1.72. The summed E-state index contributed by atoms with van der Waals surface area (Å²) in [7, 11) is 0. The summed E-state index contributed by atoms with van der Waals surface area (Å²) in [6, 6.07) is 3.10. The summed E-state index contributed by atoms with van der Waals surface area (Å²) in [5.74, 6) is 0. The first kappa shape index (κ1) is 7.06. The summed E-state index contributed by atoms with van der Waals surface area (Å²) >= 11 is 0. The van der Waals surface area contributed by atoms with E-state index in [1.807, 2.05) is 4.57 Å². The Labute approximate surface area is 60.1 Å². The van der Waals surface area contributed by atoms with Gasteiger partial charge in [-0.15, -0.1) is 0 Å². The zero-order chi connectivity index (χ0) is 7.40. The van der Waals surface area contributed by atoms with Gasteiger partial charge in [0.2, 0.25) is 0 Å². The van der Waals surface area contributed by atoms with E-state index >= 15 is 0 Å². The Balaban J connectivity index is 2.79. The second-order valence-electron chi connectivity index (χ2n) is 2.13. The second kappa shape index (κ2) is 3.20. The minimum absolute atomic E-state index is 0.0558. The molecule has 2 heteroatoms. The molecule has 1 aromatic heterocycles. The highest BCUT2D eigenvalue weighted by Crippen LogP contribution is 1.86. The monoisotopic (exact) mass is 136 g/mol. The van der Waals surface area contributed by atoms with Crippen LogP contribution in [0, 0.1) is 6.92 Å². The van der Waals surface area contributed by atoms with Gasteiger partial charge in [-0.25, -0.2) is 0 Å². The van der Waals surface area contributed by atoms with Crippen molar-refractivity contribution >= 4 is 0 Å². The molecule has 10 heavy (non-hydrogen) atoms. The van der Waals surface area contributed by atoms with E-state index in [1.165, 1.54) is 0 Å². The molecule has 1 rings (SSSR count). The molecule has 0 N–H and O–H groups in total. The molecule has 0 amide bonds. The predicted octanol–water partition coefficient (Wildman–Crippen LogP) is 1.07. The van der Waals surface area contributed by atoms with Crippen LogP contribution in [-0.2, 0) is 6.54 Å². The first-order chi connectivity index (χ1) is 4.83. The zero-order valence-corrected chi connectivity index (χ0v) is 5.79. The molecule has 53 valence electrons. The highest BCUT2D eigenvalue weighted by atomic mass is 16.1. The molecule has 0 aromatic carbocycles. The maximum absolute atomic E-state index is 10.6. The van der Waals surface area contributed by atoms with Crippen molar-refractivity contribution in [2.75, 3.05) is 0 Å². The molecule has 0 saturated heterocycles. The number of hydrogen-bond donors (Lipinski definition) is 0. The largest absolute Gasteiger partial charge is 0.354 e. The Hall–Kier alpha value is -1.05. The molecular weight excluding hydrogens is 126 g/mol. The van der Waals surface area contributed by atoms with Crippen LogP contribution in [0.3, 0.4) is 0 Å². The SMILES string of the molecule is [CH2]CCn1ccc(=O)cc1. The average molecular weight is 136 g/mol. The molecule has 0 aliphatic heterocycles. The first-order valence-corrected chi connectivity index (χ1v) is 3.28. The van der Waals surface area contributed by atoms with Crippen LogP contribution in [0.2, 0.25) is 0 Å². The Kier molecular flexibility index (Phi) is 2.26. The molecule has 1 radical (unpaired) electrons. The lowest BCUT2D eigenvalue weighted by molar-refractivity contribution is 0.701. The van der Waals surface area contributed by atoms with Crippen LogP contribution >= 0.6 is 0 Å². The van der Waals surface area contributed by atoms with Gasteiger partial charge in [0.1, 0.15) is 0 Å². The van der Waals surface area contributed by atoms with Gasteiger partial charge in [0, 0.05) is 31.1 Å². The minimum atomic E-state index is 0.0558. The maximum Gasteiger partial charge on any atom is 0.181 e. The van der Waals surface area contributed by atoms with Gasteiger partial charge in [-0.2, -0.15) is 0 Å². The molecule has 0 atom stereocenters. The molecule has 0 aliphatic rings. The molecule has 0 aliphatic carbocycles. The Bertz CT molecular complexity index is 231. The van der Waals surface area contributed by atoms with E-state index < -0.39 is 0 Å². The van der Waals surface area contributed by atoms with Crippen LogP contribution < -0.4 is 5.43 Å². The number of aromatic nitrogens is 1. The van der Waals surface area contributed by atoms with Gasteiger partial charge in [-0.05, 0) is 6.42 Å². The van der Waals surface area contributed by atoms with Crippen molar-refractivity contribution in [2.24, 2.45) is 0 Å². The quantitative estimate of drug-likeness (QED) is 0.596. The van der Waals surface area contributed by atoms with Gasteiger partial charge in [-0.1, -0.05) is 6.92 Å². The zero-order valence-electron chi connectivity index (χ0n) is 5.79.